The van der Waals surface area contributed by atoms with Crippen molar-refractivity contribution in [1.29, 1.82) is 0 Å². The summed E-state index contributed by atoms with van der Waals surface area (Å²) in [5.41, 5.74) is 6.78. The SMILES string of the molecule is Cc1nc(C)n(CCC(=O)Nc2ccc(Cl)cc2N)n1. The van der Waals surface area contributed by atoms with Gasteiger partial charge in [0, 0.05) is 11.4 Å². The van der Waals surface area contributed by atoms with Crippen LogP contribution in [0.25, 0.3) is 0 Å². The smallest absolute Gasteiger partial charge is 0.226 e. The van der Waals surface area contributed by atoms with Crippen molar-refractivity contribution in [3.05, 3.63) is 34.9 Å². The van der Waals surface area contributed by atoms with Crippen LogP contribution in [0.4, 0.5) is 11.4 Å². The second-order valence-corrected chi connectivity index (χ2v) is 4.90. The molecule has 1 heterocycles. The monoisotopic (exact) mass is 293 g/mol. The summed E-state index contributed by atoms with van der Waals surface area (Å²) < 4.78 is 1.71. The minimum absolute atomic E-state index is 0.133. The largest absolute Gasteiger partial charge is 0.397 e. The molecule has 106 valence electrons. The molecular weight excluding hydrogens is 278 g/mol. The van der Waals surface area contributed by atoms with Gasteiger partial charge in [0.1, 0.15) is 11.6 Å². The first-order valence-corrected chi connectivity index (χ1v) is 6.56. The average Bonchev–Trinajstić information content (AvgIpc) is 2.69. The Balaban J connectivity index is 1.94. The van der Waals surface area contributed by atoms with E-state index in [1.807, 2.05) is 13.8 Å². The quantitative estimate of drug-likeness (QED) is 0.846. The Bertz CT molecular complexity index is 638. The number of rotatable bonds is 4. The van der Waals surface area contributed by atoms with Gasteiger partial charge in [0.05, 0.1) is 17.9 Å². The van der Waals surface area contributed by atoms with Crippen LogP contribution in [0.5, 0.6) is 0 Å². The molecule has 0 aliphatic carbocycles. The van der Waals surface area contributed by atoms with Gasteiger partial charge >= 0.3 is 0 Å². The number of aryl methyl sites for hydroxylation is 3. The topological polar surface area (TPSA) is 85.8 Å². The second-order valence-electron chi connectivity index (χ2n) is 4.46. The van der Waals surface area contributed by atoms with Crippen LogP contribution in [-0.4, -0.2) is 20.7 Å². The number of hydrogen-bond acceptors (Lipinski definition) is 4. The third-order valence-corrected chi connectivity index (χ3v) is 3.04. The number of halogens is 1. The molecule has 0 bridgehead atoms. The van der Waals surface area contributed by atoms with Gasteiger partial charge in [-0.1, -0.05) is 11.6 Å². The number of nitrogens with zero attached hydrogens (tertiary/aromatic N) is 3. The van der Waals surface area contributed by atoms with Crippen molar-refractivity contribution in [2.75, 3.05) is 11.1 Å². The van der Waals surface area contributed by atoms with E-state index in [1.165, 1.54) is 0 Å². The minimum atomic E-state index is -0.133. The number of carbonyl (C=O) groups is 1. The molecule has 0 saturated heterocycles. The van der Waals surface area contributed by atoms with Crippen LogP contribution in [0.15, 0.2) is 18.2 Å². The van der Waals surface area contributed by atoms with E-state index >= 15 is 0 Å². The molecule has 2 rings (SSSR count). The molecule has 0 aliphatic rings. The van der Waals surface area contributed by atoms with Crippen molar-refractivity contribution < 1.29 is 4.79 Å². The zero-order chi connectivity index (χ0) is 14.7. The van der Waals surface area contributed by atoms with Gasteiger partial charge in [-0.2, -0.15) is 5.10 Å². The Kier molecular flexibility index (Phi) is 4.24. The number of nitrogens with one attached hydrogen (secondary N) is 1. The molecular formula is C13H16ClN5O. The predicted octanol–water partition coefficient (Wildman–Crippen LogP) is 2.16. The van der Waals surface area contributed by atoms with Crippen molar-refractivity contribution in [1.82, 2.24) is 14.8 Å². The van der Waals surface area contributed by atoms with Crippen molar-refractivity contribution >= 4 is 28.9 Å². The number of nitrogen functional groups attached to an aromatic ring is 1. The maximum absolute atomic E-state index is 11.9. The summed E-state index contributed by atoms with van der Waals surface area (Å²) in [6, 6.07) is 4.96. The highest BCUT2D eigenvalue weighted by Gasteiger charge is 2.08. The number of benzene rings is 1. The molecule has 6 nitrogen and oxygen atoms in total. The Morgan fingerprint density at radius 3 is 2.80 bits per heavy atom. The van der Waals surface area contributed by atoms with Gasteiger partial charge < -0.3 is 11.1 Å². The summed E-state index contributed by atoms with van der Waals surface area (Å²) in [6.45, 7) is 4.15. The van der Waals surface area contributed by atoms with Gasteiger partial charge in [0.25, 0.3) is 0 Å². The Morgan fingerprint density at radius 1 is 1.45 bits per heavy atom. The Labute approximate surface area is 121 Å². The highest BCUT2D eigenvalue weighted by Crippen LogP contribution is 2.22. The van der Waals surface area contributed by atoms with E-state index in [9.17, 15) is 4.79 Å². The van der Waals surface area contributed by atoms with E-state index in [0.717, 1.165) is 5.82 Å². The first-order valence-electron chi connectivity index (χ1n) is 6.18. The zero-order valence-electron chi connectivity index (χ0n) is 11.4. The van der Waals surface area contributed by atoms with Crippen LogP contribution >= 0.6 is 11.6 Å². The number of carbonyl (C=O) groups excluding carboxylic acids is 1. The summed E-state index contributed by atoms with van der Waals surface area (Å²) in [7, 11) is 0. The van der Waals surface area contributed by atoms with Gasteiger partial charge in [-0.3, -0.25) is 4.79 Å². The molecule has 0 radical (unpaired) electrons. The van der Waals surface area contributed by atoms with E-state index < -0.39 is 0 Å². The lowest BCUT2D eigenvalue weighted by molar-refractivity contribution is -0.116. The molecule has 0 saturated carbocycles. The van der Waals surface area contributed by atoms with Crippen molar-refractivity contribution in [2.45, 2.75) is 26.8 Å². The number of amides is 1. The van der Waals surface area contributed by atoms with Crippen molar-refractivity contribution in [3.8, 4) is 0 Å². The summed E-state index contributed by atoms with van der Waals surface area (Å²) >= 11 is 5.80. The molecule has 20 heavy (non-hydrogen) atoms. The normalized spacial score (nSPS) is 10.6. The molecule has 7 heteroatoms. The van der Waals surface area contributed by atoms with E-state index in [-0.39, 0.29) is 5.91 Å². The molecule has 1 aromatic heterocycles. The second kappa shape index (κ2) is 5.92. The molecule has 0 aliphatic heterocycles. The third kappa shape index (κ3) is 3.48. The first-order chi connectivity index (χ1) is 9.45. The molecule has 0 fully saturated rings. The van der Waals surface area contributed by atoms with Gasteiger partial charge in [-0.05, 0) is 32.0 Å². The Hall–Kier alpha value is -2.08. The van der Waals surface area contributed by atoms with Crippen LogP contribution < -0.4 is 11.1 Å². The fourth-order valence-corrected chi connectivity index (χ4v) is 2.02. The van der Waals surface area contributed by atoms with Crippen molar-refractivity contribution in [2.24, 2.45) is 0 Å². The summed E-state index contributed by atoms with van der Waals surface area (Å²) in [5, 5.41) is 7.49. The number of anilines is 2. The van der Waals surface area contributed by atoms with Gasteiger partial charge in [-0.25, -0.2) is 9.67 Å². The summed E-state index contributed by atoms with van der Waals surface area (Å²) in [4.78, 5) is 16.1. The molecule has 3 N–H and O–H groups in total. The lowest BCUT2D eigenvalue weighted by atomic mass is 10.2. The fourth-order valence-electron chi connectivity index (χ4n) is 1.84. The summed E-state index contributed by atoms with van der Waals surface area (Å²) in [6.07, 6.45) is 0.297. The van der Waals surface area contributed by atoms with Crippen molar-refractivity contribution in [3.63, 3.8) is 0 Å². The van der Waals surface area contributed by atoms with Crippen LogP contribution in [0, 0.1) is 13.8 Å². The summed E-state index contributed by atoms with van der Waals surface area (Å²) in [5.74, 6) is 1.36. The minimum Gasteiger partial charge on any atom is -0.397 e. The standard InChI is InChI=1S/C13H16ClN5O/c1-8-16-9(2)19(18-8)6-5-13(20)17-12-4-3-10(14)7-11(12)15/h3-4,7H,5-6,15H2,1-2H3,(H,17,20). The molecule has 0 atom stereocenters. The van der Waals surface area contributed by atoms with E-state index in [0.29, 0.717) is 35.2 Å². The molecule has 1 amide bonds. The first kappa shape index (κ1) is 14.3. The molecule has 0 spiro atoms. The van der Waals surface area contributed by atoms with Crippen LogP contribution in [-0.2, 0) is 11.3 Å². The highest BCUT2D eigenvalue weighted by atomic mass is 35.5. The third-order valence-electron chi connectivity index (χ3n) is 2.80. The lowest BCUT2D eigenvalue weighted by Crippen LogP contribution is -2.16. The number of aromatic nitrogens is 3. The number of hydrogen-bond donors (Lipinski definition) is 2. The van der Waals surface area contributed by atoms with Gasteiger partial charge in [-0.15, -0.1) is 0 Å². The van der Waals surface area contributed by atoms with E-state index in [1.54, 1.807) is 22.9 Å². The van der Waals surface area contributed by atoms with E-state index in [4.69, 9.17) is 17.3 Å². The lowest BCUT2D eigenvalue weighted by Gasteiger charge is -2.08. The zero-order valence-corrected chi connectivity index (χ0v) is 12.1. The Morgan fingerprint density at radius 2 is 2.20 bits per heavy atom. The predicted molar refractivity (Wildman–Crippen MR) is 78.6 cm³/mol. The highest BCUT2D eigenvalue weighted by molar-refractivity contribution is 6.31. The van der Waals surface area contributed by atoms with Gasteiger partial charge in [0.2, 0.25) is 5.91 Å². The van der Waals surface area contributed by atoms with Crippen LogP contribution in [0.3, 0.4) is 0 Å². The molecule has 2 aromatic rings. The maximum Gasteiger partial charge on any atom is 0.226 e. The fraction of sp³-hybridized carbons (Fsp3) is 0.308. The number of nitrogens with two attached hydrogens (primary N) is 1. The van der Waals surface area contributed by atoms with Crippen LogP contribution in [0.2, 0.25) is 5.02 Å². The molecule has 1 aromatic carbocycles. The maximum atomic E-state index is 11.9. The molecule has 0 unspecified atom stereocenters. The van der Waals surface area contributed by atoms with Crippen LogP contribution in [0.1, 0.15) is 18.1 Å². The van der Waals surface area contributed by atoms with Gasteiger partial charge in [0.15, 0.2) is 0 Å². The average molecular weight is 294 g/mol. The van der Waals surface area contributed by atoms with E-state index in [2.05, 4.69) is 15.4 Å².